The van der Waals surface area contributed by atoms with Gasteiger partial charge in [0.25, 0.3) is 0 Å². The molecule has 1 aliphatic carbocycles. The van der Waals surface area contributed by atoms with Crippen LogP contribution in [0.3, 0.4) is 0 Å². The van der Waals surface area contributed by atoms with E-state index >= 15 is 0 Å². The predicted octanol–water partition coefficient (Wildman–Crippen LogP) is -4.00. The van der Waals surface area contributed by atoms with E-state index in [0.29, 0.717) is 0 Å². The Labute approximate surface area is 326 Å². The molecule has 20 atom stereocenters. The highest BCUT2D eigenvalue weighted by Crippen LogP contribution is 2.49. The molecule has 5 aliphatic heterocycles. The van der Waals surface area contributed by atoms with Crippen LogP contribution in [-0.2, 0) is 57.0 Å². The number of aliphatic hydroxyl groups excluding tert-OH is 9. The van der Waals surface area contributed by atoms with E-state index in [2.05, 4.69) is 6.58 Å². The highest BCUT2D eigenvalue weighted by Gasteiger charge is 2.56. The van der Waals surface area contributed by atoms with Crippen molar-refractivity contribution in [2.24, 2.45) is 29.6 Å². The van der Waals surface area contributed by atoms with Crippen molar-refractivity contribution >= 4 is 11.9 Å². The Hall–Kier alpha value is -2.84. The quantitative estimate of drug-likeness (QED) is 0.0632. The maximum absolute atomic E-state index is 14.2. The van der Waals surface area contributed by atoms with Crippen LogP contribution < -0.4 is 0 Å². The monoisotopic (exact) mass is 820 g/mol. The van der Waals surface area contributed by atoms with Crippen molar-refractivity contribution in [2.75, 3.05) is 33.5 Å². The molecule has 4 fully saturated rings. The number of ether oxygens (including phenoxy) is 10. The minimum Gasteiger partial charge on any atom is -0.472 e. The minimum atomic E-state index is -1.76. The molecule has 9 N–H and O–H groups in total. The third-order valence-corrected chi connectivity index (χ3v) is 11.6. The summed E-state index contributed by atoms with van der Waals surface area (Å²) in [5, 5.41) is 91.3. The lowest BCUT2D eigenvalue weighted by Gasteiger charge is -2.43. The average molecular weight is 821 g/mol. The lowest BCUT2D eigenvalue weighted by atomic mass is 9.81. The minimum absolute atomic E-state index is 0.00440. The largest absolute Gasteiger partial charge is 0.472 e. The molecule has 6 aliphatic rings. The number of esters is 2. The van der Waals surface area contributed by atoms with E-state index in [4.69, 9.17) is 47.4 Å². The number of methoxy groups -OCH3 is 1. The van der Waals surface area contributed by atoms with Gasteiger partial charge in [0.05, 0.1) is 57.2 Å². The Balaban J connectivity index is 1.23. The van der Waals surface area contributed by atoms with E-state index in [9.17, 15) is 55.5 Å². The molecule has 0 aromatic rings. The van der Waals surface area contributed by atoms with Crippen molar-refractivity contribution in [3.05, 3.63) is 36.3 Å². The van der Waals surface area contributed by atoms with Crippen LogP contribution in [-0.4, -0.2) is 184 Å². The van der Waals surface area contributed by atoms with Gasteiger partial charge in [0, 0.05) is 36.0 Å². The summed E-state index contributed by atoms with van der Waals surface area (Å²) in [4.78, 5) is 27.1. The standard InChI is InChI=1S/C36H52O21/c1-4-15-16(6-23-49-10-14(7-37)52-23)18(11-50-33(15)56-35-29(44)27(42)25(40)21(8-38)54-35)32(47)53-20-5-17-19(31(46)48-3)12-51-34(24(17)13(20)2)57-36-30(45)28(43)26(41)22(9-39)55-36/h4,11-17,20-30,33-45H,1,5-10H2,2-3H3/t13-,14-,15+,16+,17+,20-,21+,22+,23+,24-,25-,26-,27-,28-,29+,30+,33-,34-,35-,36-/m0/s1. The van der Waals surface area contributed by atoms with Crippen LogP contribution in [0, 0.1) is 29.6 Å². The molecular formula is C36H52O21. The number of fused-ring (bicyclic) bond motifs is 1. The summed E-state index contributed by atoms with van der Waals surface area (Å²) in [6, 6.07) is 0. The average Bonchev–Trinajstić information content (AvgIpc) is 3.81. The van der Waals surface area contributed by atoms with Gasteiger partial charge in [-0.1, -0.05) is 13.0 Å². The van der Waals surface area contributed by atoms with Crippen LogP contribution in [0.25, 0.3) is 0 Å². The van der Waals surface area contributed by atoms with Crippen molar-refractivity contribution in [3.8, 4) is 0 Å². The highest BCUT2D eigenvalue weighted by atomic mass is 16.8. The van der Waals surface area contributed by atoms with Crippen LogP contribution in [0.5, 0.6) is 0 Å². The summed E-state index contributed by atoms with van der Waals surface area (Å²) >= 11 is 0. The molecule has 322 valence electrons. The van der Waals surface area contributed by atoms with E-state index in [0.717, 1.165) is 12.5 Å². The zero-order valence-electron chi connectivity index (χ0n) is 31.2. The topological polar surface area (TPSA) is 309 Å². The zero-order chi connectivity index (χ0) is 41.3. The lowest BCUT2D eigenvalue weighted by molar-refractivity contribution is -0.342. The second-order valence-electron chi connectivity index (χ2n) is 14.9. The lowest BCUT2D eigenvalue weighted by Crippen LogP contribution is -2.60. The number of carbonyl (C=O) groups is 2. The number of carbonyl (C=O) groups excluding carboxylic acids is 2. The van der Waals surface area contributed by atoms with Crippen molar-refractivity contribution in [1.82, 2.24) is 0 Å². The van der Waals surface area contributed by atoms with Gasteiger partial charge in [-0.3, -0.25) is 0 Å². The molecule has 0 aromatic carbocycles. The summed E-state index contributed by atoms with van der Waals surface area (Å²) in [7, 11) is 1.19. The summed E-state index contributed by atoms with van der Waals surface area (Å²) in [6.45, 7) is 3.97. The molecule has 6 rings (SSSR count). The molecule has 0 amide bonds. The van der Waals surface area contributed by atoms with Crippen LogP contribution in [0.2, 0.25) is 0 Å². The van der Waals surface area contributed by atoms with Crippen LogP contribution >= 0.6 is 0 Å². The molecule has 57 heavy (non-hydrogen) atoms. The van der Waals surface area contributed by atoms with Crippen molar-refractivity contribution in [3.63, 3.8) is 0 Å². The van der Waals surface area contributed by atoms with Gasteiger partial charge in [-0.25, -0.2) is 9.59 Å². The van der Waals surface area contributed by atoms with E-state index in [1.807, 2.05) is 0 Å². The van der Waals surface area contributed by atoms with Gasteiger partial charge < -0.3 is 93.3 Å². The van der Waals surface area contributed by atoms with E-state index < -0.39 is 147 Å². The maximum Gasteiger partial charge on any atom is 0.337 e. The Morgan fingerprint density at radius 3 is 1.89 bits per heavy atom. The van der Waals surface area contributed by atoms with E-state index in [1.54, 1.807) is 6.92 Å². The Morgan fingerprint density at radius 1 is 0.772 bits per heavy atom. The second-order valence-corrected chi connectivity index (χ2v) is 14.9. The van der Waals surface area contributed by atoms with Crippen molar-refractivity contribution in [1.29, 1.82) is 0 Å². The molecule has 0 radical (unpaired) electrons. The summed E-state index contributed by atoms with van der Waals surface area (Å²) < 4.78 is 57.2. The van der Waals surface area contributed by atoms with Crippen LogP contribution in [0.4, 0.5) is 0 Å². The van der Waals surface area contributed by atoms with Crippen molar-refractivity contribution < 1.29 is 103 Å². The van der Waals surface area contributed by atoms with Gasteiger partial charge in [0.15, 0.2) is 18.9 Å². The highest BCUT2D eigenvalue weighted by molar-refractivity contribution is 5.90. The van der Waals surface area contributed by atoms with Gasteiger partial charge >= 0.3 is 11.9 Å². The number of hydrogen-bond acceptors (Lipinski definition) is 21. The number of hydrogen-bond donors (Lipinski definition) is 9. The molecular weight excluding hydrogens is 768 g/mol. The predicted molar refractivity (Wildman–Crippen MR) is 182 cm³/mol. The van der Waals surface area contributed by atoms with Gasteiger partial charge in [-0.05, 0) is 6.42 Å². The summed E-state index contributed by atoms with van der Waals surface area (Å²) in [5.41, 5.74) is 0.109. The molecule has 0 unspecified atom stereocenters. The Morgan fingerprint density at radius 2 is 1.35 bits per heavy atom. The second kappa shape index (κ2) is 18.6. The molecule has 3 saturated heterocycles. The maximum atomic E-state index is 14.2. The van der Waals surface area contributed by atoms with Crippen LogP contribution in [0.15, 0.2) is 36.3 Å². The molecule has 1 saturated carbocycles. The molecule has 21 heteroatoms. The zero-order valence-corrected chi connectivity index (χ0v) is 31.2. The van der Waals surface area contributed by atoms with Crippen LogP contribution in [0.1, 0.15) is 19.8 Å². The first-order valence-electron chi connectivity index (χ1n) is 18.7. The third-order valence-electron chi connectivity index (χ3n) is 11.6. The Bertz CT molecular complexity index is 1470. The van der Waals surface area contributed by atoms with E-state index in [-0.39, 0.29) is 37.2 Å². The van der Waals surface area contributed by atoms with E-state index in [1.165, 1.54) is 13.2 Å². The SMILES string of the molecule is C=C[C@H]1[C@H](O[C@@H]2O[C@H](CO)[C@H](O)[C@H](O)[C@H]2O)OC=C(C(=O)O[C@H]2C[C@@H]3C(C(=O)OC)=CO[C@@H](O[C@@H]4O[C@H](CO)[C@H](O)[C@H](O)[C@H]4O)[C@H]3[C@H]2C)[C@@H]1C[C@@H]1OC[C@H](CO)O1. The fourth-order valence-electron chi connectivity index (χ4n) is 8.28. The first-order valence-corrected chi connectivity index (χ1v) is 18.7. The number of aliphatic hydroxyl groups is 9. The molecule has 0 aromatic heterocycles. The molecule has 5 heterocycles. The normalized spacial score (nSPS) is 45.8. The number of rotatable bonds is 13. The third kappa shape index (κ3) is 8.74. The fourth-order valence-corrected chi connectivity index (χ4v) is 8.28. The molecule has 0 spiro atoms. The first-order chi connectivity index (χ1) is 27.3. The van der Waals surface area contributed by atoms with Gasteiger partial charge in [-0.2, -0.15) is 0 Å². The first kappa shape index (κ1) is 43.7. The van der Waals surface area contributed by atoms with Crippen molar-refractivity contribution in [2.45, 2.75) is 112 Å². The van der Waals surface area contributed by atoms with Gasteiger partial charge in [-0.15, -0.1) is 6.58 Å². The Kier molecular flexibility index (Phi) is 14.3. The fraction of sp³-hybridized carbons (Fsp3) is 0.778. The molecule has 21 nitrogen and oxygen atoms in total. The van der Waals surface area contributed by atoms with Gasteiger partial charge in [0.2, 0.25) is 12.6 Å². The summed E-state index contributed by atoms with van der Waals surface area (Å²) in [5.74, 6) is -5.32. The smallest absolute Gasteiger partial charge is 0.337 e. The van der Waals surface area contributed by atoms with Gasteiger partial charge in [0.1, 0.15) is 61.0 Å². The molecule has 0 bridgehead atoms. The summed E-state index contributed by atoms with van der Waals surface area (Å²) in [6.07, 6.45) is -17.2.